The highest BCUT2D eigenvalue weighted by Crippen LogP contribution is 2.20. The van der Waals surface area contributed by atoms with E-state index in [0.717, 1.165) is 14.9 Å². The number of benzene rings is 1. The molecule has 0 aliphatic rings. The highest BCUT2D eigenvalue weighted by molar-refractivity contribution is 14.1. The Kier molecular flexibility index (Phi) is 4.48. The quantitative estimate of drug-likeness (QED) is 0.575. The third kappa shape index (κ3) is 3.72. The molecule has 0 bridgehead atoms. The predicted octanol–water partition coefficient (Wildman–Crippen LogP) is 4.57. The van der Waals surface area contributed by atoms with E-state index in [4.69, 9.17) is 27.9 Å². The Morgan fingerprint density at radius 3 is 2.71 bits per heavy atom. The van der Waals surface area contributed by atoms with Crippen LogP contribution in [0.3, 0.4) is 0 Å². The lowest BCUT2D eigenvalue weighted by Crippen LogP contribution is -1.97. The molecule has 2 aromatic rings. The van der Waals surface area contributed by atoms with E-state index in [2.05, 4.69) is 27.6 Å². The molecule has 1 aromatic carbocycles. The Morgan fingerprint density at radius 1 is 1.18 bits per heavy atom. The molecule has 5 heteroatoms. The van der Waals surface area contributed by atoms with E-state index < -0.39 is 0 Å². The zero-order valence-electron chi connectivity index (χ0n) is 8.66. The fourth-order valence-corrected chi connectivity index (χ4v) is 2.18. The highest BCUT2D eigenvalue weighted by atomic mass is 127. The lowest BCUT2D eigenvalue weighted by molar-refractivity contribution is 0.305. The second-order valence-corrected chi connectivity index (χ2v) is 5.32. The van der Waals surface area contributed by atoms with Crippen molar-refractivity contribution in [3.8, 4) is 5.75 Å². The van der Waals surface area contributed by atoms with Gasteiger partial charge in [0.1, 0.15) is 22.7 Å². The lowest BCUT2D eigenvalue weighted by atomic mass is 10.3. The summed E-state index contributed by atoms with van der Waals surface area (Å²) in [5, 5.41) is 0.760. The predicted molar refractivity (Wildman–Crippen MR) is 77.7 cm³/mol. The maximum absolute atomic E-state index is 5.95. The Labute approximate surface area is 123 Å². The summed E-state index contributed by atoms with van der Waals surface area (Å²) in [5.41, 5.74) is 0.815. The molecule has 0 atom stereocenters. The van der Waals surface area contributed by atoms with Gasteiger partial charge < -0.3 is 4.74 Å². The van der Waals surface area contributed by atoms with Crippen molar-refractivity contribution in [2.24, 2.45) is 0 Å². The molecule has 17 heavy (non-hydrogen) atoms. The first-order chi connectivity index (χ1) is 8.15. The van der Waals surface area contributed by atoms with Gasteiger partial charge in [-0.2, -0.15) is 0 Å². The van der Waals surface area contributed by atoms with E-state index in [-0.39, 0.29) is 0 Å². The molecule has 1 aromatic heterocycles. The lowest BCUT2D eigenvalue weighted by Gasteiger charge is -2.07. The minimum absolute atomic E-state index is 0.378. The van der Waals surface area contributed by atoms with Gasteiger partial charge in [-0.25, -0.2) is 4.98 Å². The number of nitrogens with zero attached hydrogens (tertiary/aromatic N) is 1. The molecular weight excluding hydrogens is 372 g/mol. The van der Waals surface area contributed by atoms with Crippen molar-refractivity contribution in [3.63, 3.8) is 0 Å². The number of hydrogen-bond donors (Lipinski definition) is 0. The number of ether oxygens (including phenoxy) is 1. The van der Waals surface area contributed by atoms with Gasteiger partial charge in [-0.1, -0.05) is 29.3 Å². The molecule has 0 amide bonds. The molecule has 0 saturated heterocycles. The second-order valence-electron chi connectivity index (χ2n) is 3.33. The standard InChI is InChI=1S/C12H8Cl2INO/c13-11-5-4-8(12(14)16-11)7-17-10-3-1-2-9(15)6-10/h1-6H,7H2. The van der Waals surface area contributed by atoms with Gasteiger partial charge in [0.25, 0.3) is 0 Å². The minimum Gasteiger partial charge on any atom is -0.489 e. The molecule has 0 aliphatic heterocycles. The summed E-state index contributed by atoms with van der Waals surface area (Å²) in [6.07, 6.45) is 0. The number of halogens is 3. The molecule has 0 N–H and O–H groups in total. The van der Waals surface area contributed by atoms with Crippen molar-refractivity contribution < 1.29 is 4.74 Å². The van der Waals surface area contributed by atoms with Crippen molar-refractivity contribution in [1.82, 2.24) is 4.98 Å². The molecule has 0 fully saturated rings. The molecular formula is C12H8Cl2INO. The third-order valence-corrected chi connectivity index (χ3v) is 3.29. The van der Waals surface area contributed by atoms with Crippen LogP contribution in [0, 0.1) is 3.57 Å². The molecule has 0 aliphatic carbocycles. The summed E-state index contributed by atoms with van der Waals surface area (Å²) in [6, 6.07) is 11.3. The maximum atomic E-state index is 5.95. The van der Waals surface area contributed by atoms with Crippen LogP contribution in [0.5, 0.6) is 5.75 Å². The van der Waals surface area contributed by atoms with Gasteiger partial charge in [0.15, 0.2) is 0 Å². The van der Waals surface area contributed by atoms with Crippen molar-refractivity contribution >= 4 is 45.8 Å². The van der Waals surface area contributed by atoms with E-state index in [1.54, 1.807) is 6.07 Å². The molecule has 2 nitrogen and oxygen atoms in total. The van der Waals surface area contributed by atoms with E-state index in [1.807, 2.05) is 30.3 Å². The number of rotatable bonds is 3. The number of hydrogen-bond acceptors (Lipinski definition) is 2. The van der Waals surface area contributed by atoms with E-state index in [9.17, 15) is 0 Å². The van der Waals surface area contributed by atoms with Crippen LogP contribution in [0.4, 0.5) is 0 Å². The zero-order chi connectivity index (χ0) is 12.3. The summed E-state index contributed by atoms with van der Waals surface area (Å²) in [7, 11) is 0. The van der Waals surface area contributed by atoms with Crippen molar-refractivity contribution in [2.75, 3.05) is 0 Å². The van der Waals surface area contributed by atoms with Gasteiger partial charge in [0.2, 0.25) is 0 Å². The van der Waals surface area contributed by atoms with Crippen LogP contribution in [-0.2, 0) is 6.61 Å². The smallest absolute Gasteiger partial charge is 0.137 e. The molecule has 0 radical (unpaired) electrons. The highest BCUT2D eigenvalue weighted by Gasteiger charge is 2.04. The monoisotopic (exact) mass is 379 g/mol. The van der Waals surface area contributed by atoms with Crippen molar-refractivity contribution in [2.45, 2.75) is 6.61 Å². The maximum Gasteiger partial charge on any atom is 0.137 e. The Morgan fingerprint density at radius 2 is 2.00 bits per heavy atom. The van der Waals surface area contributed by atoms with Crippen LogP contribution < -0.4 is 4.74 Å². The second kappa shape index (κ2) is 5.89. The fraction of sp³-hybridized carbons (Fsp3) is 0.0833. The van der Waals surface area contributed by atoms with Gasteiger partial charge >= 0.3 is 0 Å². The first-order valence-electron chi connectivity index (χ1n) is 4.84. The Balaban J connectivity index is 2.07. The van der Waals surface area contributed by atoms with Gasteiger partial charge in [-0.15, -0.1) is 0 Å². The average Bonchev–Trinajstić information content (AvgIpc) is 2.28. The molecule has 88 valence electrons. The zero-order valence-corrected chi connectivity index (χ0v) is 12.3. The third-order valence-electron chi connectivity index (χ3n) is 2.08. The summed E-state index contributed by atoms with van der Waals surface area (Å²) in [5.74, 6) is 0.808. The number of pyridine rings is 1. The van der Waals surface area contributed by atoms with Crippen LogP contribution in [0.1, 0.15) is 5.56 Å². The largest absolute Gasteiger partial charge is 0.489 e. The molecule has 0 saturated carbocycles. The van der Waals surface area contributed by atoms with Gasteiger partial charge in [-0.05, 0) is 52.9 Å². The normalized spacial score (nSPS) is 10.3. The minimum atomic E-state index is 0.378. The molecule has 0 spiro atoms. The van der Waals surface area contributed by atoms with Gasteiger partial charge in [0.05, 0.1) is 0 Å². The van der Waals surface area contributed by atoms with Gasteiger partial charge in [0, 0.05) is 9.13 Å². The van der Waals surface area contributed by atoms with Crippen molar-refractivity contribution in [3.05, 3.63) is 55.8 Å². The van der Waals surface area contributed by atoms with Gasteiger partial charge in [-0.3, -0.25) is 0 Å². The fourth-order valence-electron chi connectivity index (χ4n) is 1.27. The first kappa shape index (κ1) is 12.9. The number of aromatic nitrogens is 1. The first-order valence-corrected chi connectivity index (χ1v) is 6.68. The summed E-state index contributed by atoms with van der Waals surface area (Å²) in [4.78, 5) is 3.95. The van der Waals surface area contributed by atoms with Crippen LogP contribution in [0.25, 0.3) is 0 Å². The Hall–Kier alpha value is -0.520. The van der Waals surface area contributed by atoms with Crippen molar-refractivity contribution in [1.29, 1.82) is 0 Å². The van der Waals surface area contributed by atoms with E-state index in [0.29, 0.717) is 16.9 Å². The summed E-state index contributed by atoms with van der Waals surface area (Å²) < 4.78 is 6.75. The van der Waals surface area contributed by atoms with E-state index in [1.165, 1.54) is 0 Å². The molecule has 1 heterocycles. The molecule has 0 unspecified atom stereocenters. The topological polar surface area (TPSA) is 22.1 Å². The average molecular weight is 380 g/mol. The molecule has 2 rings (SSSR count). The van der Waals surface area contributed by atoms with Crippen LogP contribution in [-0.4, -0.2) is 4.98 Å². The SMILES string of the molecule is Clc1ccc(COc2cccc(I)c2)c(Cl)n1. The van der Waals surface area contributed by atoms with E-state index >= 15 is 0 Å². The summed E-state index contributed by atoms with van der Waals surface area (Å²) >= 11 is 13.9. The van der Waals surface area contributed by atoms with Crippen LogP contribution in [0.2, 0.25) is 10.3 Å². The summed E-state index contributed by atoms with van der Waals surface area (Å²) in [6.45, 7) is 0.378. The Bertz CT molecular complexity index is 534. The van der Waals surface area contributed by atoms with Crippen LogP contribution in [0.15, 0.2) is 36.4 Å². The van der Waals surface area contributed by atoms with Crippen LogP contribution >= 0.6 is 45.8 Å².